The molecule has 11 heteroatoms. The number of ketones is 1. The number of carbonyl (C=O) groups excluding carboxylic acids is 3. The second-order valence-electron chi connectivity index (χ2n) is 8.98. The van der Waals surface area contributed by atoms with Crippen LogP contribution in [-0.4, -0.2) is 35.2 Å². The molecule has 4 rings (SSSR count). The normalized spacial score (nSPS) is 11.5. The molecule has 0 aliphatic heterocycles. The average Bonchev–Trinajstić information content (AvgIpc) is 3.33. The quantitative estimate of drug-likeness (QED) is 0.234. The standard InChI is InChI=1S/C29H28FN5O4S/c1-17-5-3-4-6-20(17)15-33-24(36)16-39-23-13-7-19(8-14-23)25(37)26-27(31)34-29(40-26)35(18(2)28(32)38)22-11-9-21(30)10-12-22/h3-14,18H,15-16,31H2,1-2H3,(H2,32,38)(H,33,36). The van der Waals surface area contributed by atoms with E-state index in [0.29, 0.717) is 23.5 Å². The molecule has 206 valence electrons. The summed E-state index contributed by atoms with van der Waals surface area (Å²) in [6.45, 7) is 3.77. The molecule has 1 aromatic heterocycles. The molecule has 4 aromatic rings. The zero-order chi connectivity index (χ0) is 28.8. The maximum Gasteiger partial charge on any atom is 0.258 e. The number of amides is 2. The van der Waals surface area contributed by atoms with Gasteiger partial charge in [0.05, 0.1) is 0 Å². The molecule has 40 heavy (non-hydrogen) atoms. The highest BCUT2D eigenvalue weighted by Gasteiger charge is 2.27. The SMILES string of the molecule is Cc1ccccc1CNC(=O)COc1ccc(C(=O)c2sc(N(c3ccc(F)cc3)C(C)C(N)=O)nc2N)cc1. The highest BCUT2D eigenvalue weighted by Crippen LogP contribution is 2.36. The van der Waals surface area contributed by atoms with Crippen LogP contribution in [0.1, 0.15) is 33.3 Å². The fourth-order valence-corrected chi connectivity index (χ4v) is 4.90. The molecule has 1 atom stereocenters. The van der Waals surface area contributed by atoms with Crippen molar-refractivity contribution in [2.24, 2.45) is 5.73 Å². The van der Waals surface area contributed by atoms with Gasteiger partial charge in [-0.2, -0.15) is 0 Å². The number of aryl methyl sites for hydroxylation is 1. The first-order valence-electron chi connectivity index (χ1n) is 12.3. The first kappa shape index (κ1) is 28.2. The summed E-state index contributed by atoms with van der Waals surface area (Å²) >= 11 is 0.993. The fraction of sp³-hybridized carbons (Fsp3) is 0.172. The van der Waals surface area contributed by atoms with Crippen molar-refractivity contribution in [1.29, 1.82) is 0 Å². The van der Waals surface area contributed by atoms with Crippen molar-refractivity contribution in [2.45, 2.75) is 26.4 Å². The number of anilines is 3. The van der Waals surface area contributed by atoms with Crippen LogP contribution in [0.15, 0.2) is 72.8 Å². The Bertz CT molecular complexity index is 1520. The van der Waals surface area contributed by atoms with E-state index in [4.69, 9.17) is 16.2 Å². The Morgan fingerprint density at radius 3 is 2.38 bits per heavy atom. The number of carbonyl (C=O) groups is 3. The van der Waals surface area contributed by atoms with Gasteiger partial charge in [-0.25, -0.2) is 9.37 Å². The summed E-state index contributed by atoms with van der Waals surface area (Å²) in [5, 5.41) is 3.08. The molecule has 5 N–H and O–H groups in total. The number of ether oxygens (including phenoxy) is 1. The minimum absolute atomic E-state index is 0.0144. The van der Waals surface area contributed by atoms with E-state index in [1.54, 1.807) is 31.2 Å². The zero-order valence-electron chi connectivity index (χ0n) is 21.9. The van der Waals surface area contributed by atoms with Crippen LogP contribution in [0.25, 0.3) is 0 Å². The molecule has 0 saturated carbocycles. The van der Waals surface area contributed by atoms with E-state index < -0.39 is 17.8 Å². The van der Waals surface area contributed by atoms with E-state index >= 15 is 0 Å². The smallest absolute Gasteiger partial charge is 0.258 e. The largest absolute Gasteiger partial charge is 0.484 e. The lowest BCUT2D eigenvalue weighted by molar-refractivity contribution is -0.123. The third-order valence-electron chi connectivity index (χ3n) is 6.18. The van der Waals surface area contributed by atoms with E-state index in [0.717, 1.165) is 22.5 Å². The first-order valence-corrected chi connectivity index (χ1v) is 13.1. The van der Waals surface area contributed by atoms with Crippen LogP contribution in [0.5, 0.6) is 5.75 Å². The number of halogens is 1. The highest BCUT2D eigenvalue weighted by molar-refractivity contribution is 7.18. The second kappa shape index (κ2) is 12.4. The fourth-order valence-electron chi connectivity index (χ4n) is 3.85. The third-order valence-corrected chi connectivity index (χ3v) is 7.25. The molecule has 3 aromatic carbocycles. The lowest BCUT2D eigenvalue weighted by Gasteiger charge is -2.26. The Hall–Kier alpha value is -4.77. The maximum atomic E-state index is 13.5. The number of nitrogens with zero attached hydrogens (tertiary/aromatic N) is 2. The molecule has 0 saturated heterocycles. The summed E-state index contributed by atoms with van der Waals surface area (Å²) in [7, 11) is 0. The van der Waals surface area contributed by atoms with E-state index in [1.807, 2.05) is 31.2 Å². The summed E-state index contributed by atoms with van der Waals surface area (Å²) in [4.78, 5) is 43.4. The van der Waals surface area contributed by atoms with Gasteiger partial charge in [0.1, 0.15) is 28.3 Å². The third kappa shape index (κ3) is 6.62. The minimum atomic E-state index is -0.843. The van der Waals surface area contributed by atoms with E-state index in [1.165, 1.54) is 29.2 Å². The number of rotatable bonds is 11. The molecule has 0 bridgehead atoms. The Morgan fingerprint density at radius 2 is 1.73 bits per heavy atom. The van der Waals surface area contributed by atoms with Crippen LogP contribution in [0, 0.1) is 12.7 Å². The Labute approximate surface area is 234 Å². The van der Waals surface area contributed by atoms with Gasteiger partial charge in [0.25, 0.3) is 5.91 Å². The number of nitrogen functional groups attached to an aromatic ring is 1. The van der Waals surface area contributed by atoms with Crippen LogP contribution in [-0.2, 0) is 16.1 Å². The molecule has 0 radical (unpaired) electrons. The van der Waals surface area contributed by atoms with Crippen LogP contribution >= 0.6 is 11.3 Å². The maximum absolute atomic E-state index is 13.5. The van der Waals surface area contributed by atoms with E-state index in [9.17, 15) is 18.8 Å². The van der Waals surface area contributed by atoms with Gasteiger partial charge in [-0.15, -0.1) is 0 Å². The highest BCUT2D eigenvalue weighted by atomic mass is 32.1. The summed E-state index contributed by atoms with van der Waals surface area (Å²) < 4.78 is 19.0. The molecule has 1 heterocycles. The number of nitrogens with one attached hydrogen (secondary N) is 1. The van der Waals surface area contributed by atoms with Gasteiger partial charge in [0.15, 0.2) is 11.7 Å². The summed E-state index contributed by atoms with van der Waals surface area (Å²) in [6, 6.07) is 18.7. The number of hydrogen-bond donors (Lipinski definition) is 3. The zero-order valence-corrected chi connectivity index (χ0v) is 22.7. The van der Waals surface area contributed by atoms with Crippen molar-refractivity contribution in [3.05, 3.63) is 100 Å². The van der Waals surface area contributed by atoms with Crippen LogP contribution in [0.2, 0.25) is 0 Å². The number of primary amides is 1. The van der Waals surface area contributed by atoms with Crippen molar-refractivity contribution in [2.75, 3.05) is 17.2 Å². The predicted molar refractivity (Wildman–Crippen MR) is 152 cm³/mol. The summed E-state index contributed by atoms with van der Waals surface area (Å²) in [6.07, 6.45) is 0. The Balaban J connectivity index is 1.43. The molecule has 1 unspecified atom stereocenters. The van der Waals surface area contributed by atoms with Gasteiger partial charge in [0.2, 0.25) is 11.7 Å². The number of nitrogens with two attached hydrogens (primary N) is 2. The monoisotopic (exact) mass is 561 g/mol. The van der Waals surface area contributed by atoms with E-state index in [-0.39, 0.29) is 34.1 Å². The van der Waals surface area contributed by atoms with Gasteiger partial charge in [-0.1, -0.05) is 35.6 Å². The molecule has 9 nitrogen and oxygen atoms in total. The van der Waals surface area contributed by atoms with Gasteiger partial charge < -0.3 is 26.4 Å². The first-order chi connectivity index (χ1) is 19.1. The van der Waals surface area contributed by atoms with Crippen LogP contribution in [0.3, 0.4) is 0 Å². The Kier molecular flexibility index (Phi) is 8.75. The molecule has 0 fully saturated rings. The lowest BCUT2D eigenvalue weighted by atomic mass is 10.1. The molecule has 0 aliphatic rings. The van der Waals surface area contributed by atoms with Crippen molar-refractivity contribution in [1.82, 2.24) is 10.3 Å². The molecule has 2 amide bonds. The molecular formula is C29H28FN5O4S. The summed E-state index contributed by atoms with van der Waals surface area (Å²) in [5.41, 5.74) is 14.5. The number of benzene rings is 3. The van der Waals surface area contributed by atoms with Gasteiger partial charge in [0, 0.05) is 17.8 Å². The minimum Gasteiger partial charge on any atom is -0.484 e. The van der Waals surface area contributed by atoms with Crippen LogP contribution in [0.4, 0.5) is 21.0 Å². The Morgan fingerprint density at radius 1 is 1.05 bits per heavy atom. The predicted octanol–water partition coefficient (Wildman–Crippen LogP) is 4.11. The van der Waals surface area contributed by atoms with Crippen molar-refractivity contribution in [3.63, 3.8) is 0 Å². The average molecular weight is 562 g/mol. The summed E-state index contributed by atoms with van der Waals surface area (Å²) in [5.74, 6) is -1.33. The van der Waals surface area contributed by atoms with Gasteiger partial charge in [-0.05, 0) is 73.5 Å². The van der Waals surface area contributed by atoms with Gasteiger partial charge in [-0.3, -0.25) is 14.4 Å². The second-order valence-corrected chi connectivity index (χ2v) is 9.96. The van der Waals surface area contributed by atoms with Gasteiger partial charge >= 0.3 is 0 Å². The topological polar surface area (TPSA) is 141 Å². The number of thiazole rings is 1. The number of hydrogen-bond acceptors (Lipinski definition) is 8. The van der Waals surface area contributed by atoms with Crippen LogP contribution < -0.4 is 26.4 Å². The van der Waals surface area contributed by atoms with E-state index in [2.05, 4.69) is 10.3 Å². The van der Waals surface area contributed by atoms with Crippen molar-refractivity contribution >= 4 is 45.6 Å². The molecule has 0 spiro atoms. The van der Waals surface area contributed by atoms with Crippen molar-refractivity contribution < 1.29 is 23.5 Å². The molecular weight excluding hydrogens is 533 g/mol. The number of aromatic nitrogens is 1. The molecule has 0 aliphatic carbocycles. The van der Waals surface area contributed by atoms with Crippen molar-refractivity contribution in [3.8, 4) is 5.75 Å². The lowest BCUT2D eigenvalue weighted by Crippen LogP contribution is -2.39.